The third-order valence-electron chi connectivity index (χ3n) is 5.79. The molecule has 2 N–H and O–H groups in total. The summed E-state index contributed by atoms with van der Waals surface area (Å²) < 4.78 is 93.4. The van der Waals surface area contributed by atoms with Gasteiger partial charge in [0.2, 0.25) is 0 Å². The minimum absolute atomic E-state index is 0.0190. The Labute approximate surface area is 236 Å². The average Bonchev–Trinajstić information content (AvgIpc) is 2.92. The second kappa shape index (κ2) is 13.7. The number of thiol groups is 1. The molecule has 0 aliphatic carbocycles. The topological polar surface area (TPSA) is 116 Å². The number of alkyl halides is 6. The fourth-order valence-corrected chi connectivity index (χ4v) is 3.86. The van der Waals surface area contributed by atoms with Crippen LogP contribution >= 0.6 is 12.8 Å². The number of halogens is 6. The van der Waals surface area contributed by atoms with E-state index >= 15 is 0 Å². The summed E-state index contributed by atoms with van der Waals surface area (Å²) in [5, 5.41) is 10.4. The van der Waals surface area contributed by atoms with E-state index in [9.17, 15) is 31.1 Å². The van der Waals surface area contributed by atoms with Gasteiger partial charge in [-0.25, -0.2) is 9.78 Å². The molecule has 2 aromatic rings. The van der Waals surface area contributed by atoms with Crippen molar-refractivity contribution in [2.45, 2.75) is 38.7 Å². The molecule has 1 aliphatic rings. The van der Waals surface area contributed by atoms with Crippen LogP contribution in [0.15, 0.2) is 34.9 Å². The van der Waals surface area contributed by atoms with Gasteiger partial charge in [0.15, 0.2) is 5.84 Å². The lowest BCUT2D eigenvalue weighted by Crippen LogP contribution is -2.53. The molecule has 1 aliphatic heterocycles. The molecule has 10 nitrogen and oxygen atoms in total. The first-order valence-corrected chi connectivity index (χ1v) is 12.7. The molecular formula is C24H27F6N7O3S. The SMILES string of the molecule is CCCCOc1nccc(COC(=N)/C(=N\S)N2CCN(C(=O)Nc3cc(C(F)(F)F)cc(C(F)(F)F)c3)CC2)n1. The number of anilines is 1. The summed E-state index contributed by atoms with van der Waals surface area (Å²) in [6.45, 7) is 2.73. The number of urea groups is 1. The number of carbonyl (C=O) groups excluding carboxylic acids is 1. The van der Waals surface area contributed by atoms with E-state index in [0.717, 1.165) is 12.8 Å². The van der Waals surface area contributed by atoms with Crippen LogP contribution in [-0.4, -0.2) is 70.3 Å². The summed E-state index contributed by atoms with van der Waals surface area (Å²) in [6.07, 6.45) is -6.80. The quantitative estimate of drug-likeness (QED) is 0.130. The molecule has 17 heteroatoms. The Kier molecular flexibility index (Phi) is 10.6. The van der Waals surface area contributed by atoms with Gasteiger partial charge in [-0.05, 0) is 43.5 Å². The first-order chi connectivity index (χ1) is 19.3. The highest BCUT2D eigenvalue weighted by atomic mass is 32.1. The third-order valence-corrected chi connectivity index (χ3v) is 5.98. The fraction of sp³-hybridized carbons (Fsp3) is 0.458. The van der Waals surface area contributed by atoms with Crippen LogP contribution in [0.3, 0.4) is 0 Å². The van der Waals surface area contributed by atoms with E-state index in [4.69, 9.17) is 14.9 Å². The number of benzene rings is 1. The van der Waals surface area contributed by atoms with Crippen molar-refractivity contribution in [2.24, 2.45) is 4.40 Å². The standard InChI is InChI=1S/C24H27F6N7O3S/c1-2-3-10-39-21-32-5-4-17(33-21)14-40-19(31)20(35-41)36-6-8-37(9-7-36)22(38)34-18-12-15(23(25,26)27)11-16(13-18)24(28,29)30/h4-5,11-13,31,41H,2-3,6-10,14H2,1H3,(H,34,38)/b31-19?,35-20+. The van der Waals surface area contributed by atoms with Crippen LogP contribution in [0, 0.1) is 5.41 Å². The number of hydrogen-bond donors (Lipinski definition) is 3. The molecule has 1 fully saturated rings. The summed E-state index contributed by atoms with van der Waals surface area (Å²) >= 11 is 3.91. The molecule has 3 rings (SSSR count). The van der Waals surface area contributed by atoms with Gasteiger partial charge in [0, 0.05) is 38.1 Å². The van der Waals surface area contributed by atoms with Gasteiger partial charge in [-0.1, -0.05) is 13.3 Å². The highest BCUT2D eigenvalue weighted by Gasteiger charge is 2.37. The smallest absolute Gasteiger partial charge is 0.416 e. The summed E-state index contributed by atoms with van der Waals surface area (Å²) in [4.78, 5) is 23.7. The van der Waals surface area contributed by atoms with Crippen LogP contribution in [0.1, 0.15) is 36.6 Å². The Morgan fingerprint density at radius 2 is 1.68 bits per heavy atom. The largest absolute Gasteiger partial charge is 0.469 e. The minimum Gasteiger partial charge on any atom is -0.469 e. The second-order valence-electron chi connectivity index (χ2n) is 8.77. The molecule has 0 unspecified atom stereocenters. The van der Waals surface area contributed by atoms with Gasteiger partial charge >= 0.3 is 24.4 Å². The van der Waals surface area contributed by atoms with Crippen LogP contribution in [0.25, 0.3) is 0 Å². The summed E-state index contributed by atoms with van der Waals surface area (Å²) in [5.74, 6) is -0.261. The van der Waals surface area contributed by atoms with Crippen molar-refractivity contribution in [1.29, 1.82) is 5.41 Å². The zero-order valence-corrected chi connectivity index (χ0v) is 22.6. The number of amidine groups is 1. The van der Waals surface area contributed by atoms with Crippen LogP contribution in [0.4, 0.5) is 36.8 Å². The molecule has 41 heavy (non-hydrogen) atoms. The maximum absolute atomic E-state index is 13.1. The fourth-order valence-electron chi connectivity index (χ4n) is 3.65. The highest BCUT2D eigenvalue weighted by Crippen LogP contribution is 2.37. The second-order valence-corrected chi connectivity index (χ2v) is 8.97. The number of rotatable bonds is 7. The number of ether oxygens (including phenoxy) is 2. The van der Waals surface area contributed by atoms with Gasteiger partial charge in [-0.2, -0.15) is 35.7 Å². The van der Waals surface area contributed by atoms with Crippen molar-refractivity contribution < 1.29 is 40.6 Å². The van der Waals surface area contributed by atoms with E-state index in [1.165, 1.54) is 11.1 Å². The number of carbonyl (C=O) groups is 1. The number of unbranched alkanes of at least 4 members (excludes halogenated alkanes) is 1. The lowest BCUT2D eigenvalue weighted by Gasteiger charge is -2.36. The molecule has 0 radical (unpaired) electrons. The van der Waals surface area contributed by atoms with Crippen molar-refractivity contribution in [2.75, 3.05) is 38.1 Å². The van der Waals surface area contributed by atoms with E-state index < -0.39 is 35.2 Å². The molecule has 0 bridgehead atoms. The van der Waals surface area contributed by atoms with E-state index in [1.807, 2.05) is 6.92 Å². The van der Waals surface area contributed by atoms with Crippen molar-refractivity contribution >= 4 is 36.3 Å². The number of piperazine rings is 1. The van der Waals surface area contributed by atoms with Crippen LogP contribution in [0.5, 0.6) is 6.01 Å². The van der Waals surface area contributed by atoms with Gasteiger partial charge in [0.25, 0.3) is 5.90 Å². The van der Waals surface area contributed by atoms with E-state index in [0.29, 0.717) is 24.4 Å². The molecule has 1 saturated heterocycles. The maximum atomic E-state index is 13.1. The van der Waals surface area contributed by atoms with Gasteiger partial charge in [-0.3, -0.25) is 5.41 Å². The molecule has 0 atom stereocenters. The molecule has 0 saturated carbocycles. The van der Waals surface area contributed by atoms with Crippen LogP contribution < -0.4 is 10.1 Å². The molecular weight excluding hydrogens is 580 g/mol. The Morgan fingerprint density at radius 1 is 1.07 bits per heavy atom. The molecule has 224 valence electrons. The molecule has 1 aromatic heterocycles. The average molecular weight is 608 g/mol. The lowest BCUT2D eigenvalue weighted by molar-refractivity contribution is -0.143. The van der Waals surface area contributed by atoms with Gasteiger partial charge in [-0.15, -0.1) is 0 Å². The zero-order chi connectivity index (χ0) is 30.2. The monoisotopic (exact) mass is 607 g/mol. The predicted octanol–water partition coefficient (Wildman–Crippen LogP) is 5.28. The van der Waals surface area contributed by atoms with Gasteiger partial charge in [0.1, 0.15) is 6.61 Å². The van der Waals surface area contributed by atoms with E-state index in [2.05, 4.69) is 32.5 Å². The van der Waals surface area contributed by atoms with E-state index in [1.54, 1.807) is 11.0 Å². The van der Waals surface area contributed by atoms with Gasteiger partial charge in [0.05, 0.1) is 23.4 Å². The normalized spacial score (nSPS) is 14.6. The number of hydrogen-bond acceptors (Lipinski definition) is 8. The molecule has 2 heterocycles. The minimum atomic E-state index is -5.04. The molecule has 0 spiro atoms. The third kappa shape index (κ3) is 9.12. The number of nitrogens with one attached hydrogen (secondary N) is 2. The van der Waals surface area contributed by atoms with Gasteiger partial charge < -0.3 is 24.6 Å². The van der Waals surface area contributed by atoms with Crippen molar-refractivity contribution in [3.05, 3.63) is 47.3 Å². The Hall–Kier alpha value is -3.76. The number of amides is 2. The van der Waals surface area contributed by atoms with Crippen LogP contribution in [-0.2, 0) is 23.7 Å². The van der Waals surface area contributed by atoms with E-state index in [-0.39, 0.29) is 56.6 Å². The van der Waals surface area contributed by atoms with Crippen LogP contribution in [0.2, 0.25) is 0 Å². The first kappa shape index (κ1) is 31.8. The number of nitrogens with zero attached hydrogens (tertiary/aromatic N) is 5. The predicted molar refractivity (Wildman–Crippen MR) is 140 cm³/mol. The summed E-state index contributed by atoms with van der Waals surface area (Å²) in [7, 11) is 0. The maximum Gasteiger partial charge on any atom is 0.416 e. The Bertz CT molecular complexity index is 1220. The summed E-state index contributed by atoms with van der Waals surface area (Å²) in [5.41, 5.74) is -3.26. The number of aromatic nitrogens is 2. The lowest BCUT2D eigenvalue weighted by atomic mass is 10.1. The van der Waals surface area contributed by atoms with Crippen molar-refractivity contribution in [1.82, 2.24) is 19.8 Å². The molecule has 2 amide bonds. The first-order valence-electron chi connectivity index (χ1n) is 12.3. The summed E-state index contributed by atoms with van der Waals surface area (Å²) in [6, 6.07) is 1.75. The Morgan fingerprint density at radius 3 is 2.24 bits per heavy atom. The molecule has 1 aromatic carbocycles. The Balaban J connectivity index is 1.56. The zero-order valence-electron chi connectivity index (χ0n) is 21.7. The highest BCUT2D eigenvalue weighted by molar-refractivity contribution is 7.79. The van der Waals surface area contributed by atoms with Crippen molar-refractivity contribution in [3.63, 3.8) is 0 Å². The van der Waals surface area contributed by atoms with Crippen molar-refractivity contribution in [3.8, 4) is 6.01 Å².